The zero-order valence-corrected chi connectivity index (χ0v) is 9.59. The molecule has 1 fully saturated rings. The van der Waals surface area contributed by atoms with Crippen LogP contribution in [0.1, 0.15) is 30.4 Å². The highest BCUT2D eigenvalue weighted by Gasteiger charge is 2.23. The van der Waals surface area contributed by atoms with E-state index in [9.17, 15) is 0 Å². The van der Waals surface area contributed by atoms with Crippen LogP contribution in [0.15, 0.2) is 18.2 Å². The van der Waals surface area contributed by atoms with E-state index in [-0.39, 0.29) is 0 Å². The molecule has 0 bridgehead atoms. The number of nitrogens with two attached hydrogens (primary N) is 1. The van der Waals surface area contributed by atoms with E-state index >= 15 is 0 Å². The van der Waals surface area contributed by atoms with E-state index in [1.807, 2.05) is 0 Å². The molecule has 2 rings (SSSR count). The van der Waals surface area contributed by atoms with Gasteiger partial charge in [-0.25, -0.2) is 0 Å². The molecular weight excluding hydrogens is 184 g/mol. The Bertz CT molecular complexity index is 326. The molecule has 2 nitrogen and oxygen atoms in total. The molecule has 0 amide bonds. The Morgan fingerprint density at radius 2 is 1.80 bits per heavy atom. The zero-order valence-electron chi connectivity index (χ0n) is 9.59. The summed E-state index contributed by atoms with van der Waals surface area (Å²) >= 11 is 0. The fraction of sp³-hybridized carbons (Fsp3) is 0.538. The van der Waals surface area contributed by atoms with Crippen LogP contribution in [0.4, 0.5) is 5.69 Å². The molecule has 15 heavy (non-hydrogen) atoms. The molecule has 0 unspecified atom stereocenters. The van der Waals surface area contributed by atoms with Gasteiger partial charge in [0, 0.05) is 17.8 Å². The van der Waals surface area contributed by atoms with Crippen molar-refractivity contribution in [3.8, 4) is 0 Å². The fourth-order valence-corrected chi connectivity index (χ4v) is 2.44. The Balaban J connectivity index is 2.10. The van der Waals surface area contributed by atoms with E-state index < -0.39 is 0 Å². The summed E-state index contributed by atoms with van der Waals surface area (Å²) in [5.41, 5.74) is 9.88. The average Bonchev–Trinajstić information content (AvgIpc) is 2.50. The quantitative estimate of drug-likeness (QED) is 0.777. The predicted octanol–water partition coefficient (Wildman–Crippen LogP) is 2.60. The van der Waals surface area contributed by atoms with Crippen molar-refractivity contribution in [3.63, 3.8) is 0 Å². The molecule has 0 radical (unpaired) electrons. The minimum absolute atomic E-state index is 0.325. The molecule has 82 valence electrons. The van der Waals surface area contributed by atoms with Crippen LogP contribution in [-0.2, 0) is 0 Å². The Morgan fingerprint density at radius 3 is 2.33 bits per heavy atom. The van der Waals surface area contributed by atoms with Gasteiger partial charge in [0.1, 0.15) is 0 Å². The van der Waals surface area contributed by atoms with Crippen LogP contribution in [0.5, 0.6) is 0 Å². The van der Waals surface area contributed by atoms with Crippen molar-refractivity contribution in [1.82, 2.24) is 0 Å². The van der Waals surface area contributed by atoms with E-state index in [0.717, 1.165) is 6.42 Å². The van der Waals surface area contributed by atoms with Crippen molar-refractivity contribution in [2.75, 3.05) is 5.32 Å². The zero-order chi connectivity index (χ0) is 10.8. The summed E-state index contributed by atoms with van der Waals surface area (Å²) in [6.45, 7) is 4.26. The standard InChI is InChI=1S/C13H20N2/c1-9-6-10(2)8-11(7-9)15-13-5-3-4-12(13)14/h6-8,12-13,15H,3-5,14H2,1-2H3/t12-,13-/m0/s1. The summed E-state index contributed by atoms with van der Waals surface area (Å²) in [5.74, 6) is 0. The van der Waals surface area contributed by atoms with Crippen molar-refractivity contribution in [2.45, 2.75) is 45.2 Å². The SMILES string of the molecule is Cc1cc(C)cc(N[C@H]2CCC[C@@H]2N)c1. The smallest absolute Gasteiger partial charge is 0.0412 e. The second-order valence-corrected chi connectivity index (χ2v) is 4.72. The van der Waals surface area contributed by atoms with Crippen molar-refractivity contribution < 1.29 is 0 Å². The van der Waals surface area contributed by atoms with Gasteiger partial charge in [-0.3, -0.25) is 0 Å². The molecule has 2 atom stereocenters. The Labute approximate surface area is 91.9 Å². The van der Waals surface area contributed by atoms with Gasteiger partial charge in [-0.1, -0.05) is 6.07 Å². The summed E-state index contributed by atoms with van der Waals surface area (Å²) in [5, 5.41) is 3.55. The van der Waals surface area contributed by atoms with Crippen LogP contribution >= 0.6 is 0 Å². The first-order valence-corrected chi connectivity index (χ1v) is 5.75. The maximum atomic E-state index is 6.04. The monoisotopic (exact) mass is 204 g/mol. The van der Waals surface area contributed by atoms with Gasteiger partial charge >= 0.3 is 0 Å². The van der Waals surface area contributed by atoms with E-state index in [4.69, 9.17) is 5.73 Å². The first-order chi connectivity index (χ1) is 7.15. The van der Waals surface area contributed by atoms with Gasteiger partial charge in [-0.2, -0.15) is 0 Å². The van der Waals surface area contributed by atoms with Crippen LogP contribution in [0.3, 0.4) is 0 Å². The first kappa shape index (κ1) is 10.5. The molecule has 2 heteroatoms. The number of hydrogen-bond donors (Lipinski definition) is 2. The highest BCUT2D eigenvalue weighted by molar-refractivity contribution is 5.49. The molecule has 1 aliphatic carbocycles. The van der Waals surface area contributed by atoms with Crippen LogP contribution in [0.25, 0.3) is 0 Å². The lowest BCUT2D eigenvalue weighted by molar-refractivity contribution is 0.638. The van der Waals surface area contributed by atoms with Crippen molar-refractivity contribution in [1.29, 1.82) is 0 Å². The van der Waals surface area contributed by atoms with E-state index in [1.165, 1.54) is 29.7 Å². The fourth-order valence-electron chi connectivity index (χ4n) is 2.44. The largest absolute Gasteiger partial charge is 0.381 e. The second kappa shape index (κ2) is 4.23. The lowest BCUT2D eigenvalue weighted by atomic mass is 10.1. The number of anilines is 1. The molecule has 0 saturated heterocycles. The van der Waals surface area contributed by atoms with Gasteiger partial charge in [-0.15, -0.1) is 0 Å². The molecule has 1 saturated carbocycles. The lowest BCUT2D eigenvalue weighted by Crippen LogP contribution is -2.35. The summed E-state index contributed by atoms with van der Waals surface area (Å²) in [4.78, 5) is 0. The summed E-state index contributed by atoms with van der Waals surface area (Å²) in [6, 6.07) is 7.37. The summed E-state index contributed by atoms with van der Waals surface area (Å²) in [7, 11) is 0. The average molecular weight is 204 g/mol. The van der Waals surface area contributed by atoms with Crippen LogP contribution in [0.2, 0.25) is 0 Å². The van der Waals surface area contributed by atoms with E-state index in [1.54, 1.807) is 0 Å². The Morgan fingerprint density at radius 1 is 1.13 bits per heavy atom. The molecule has 0 heterocycles. The third-order valence-electron chi connectivity index (χ3n) is 3.14. The molecule has 1 aromatic rings. The number of nitrogens with one attached hydrogen (secondary N) is 1. The number of aryl methyl sites for hydroxylation is 2. The van der Waals surface area contributed by atoms with Crippen LogP contribution < -0.4 is 11.1 Å². The predicted molar refractivity (Wildman–Crippen MR) is 65.2 cm³/mol. The maximum absolute atomic E-state index is 6.04. The third-order valence-corrected chi connectivity index (χ3v) is 3.14. The highest BCUT2D eigenvalue weighted by Crippen LogP contribution is 2.22. The first-order valence-electron chi connectivity index (χ1n) is 5.75. The molecule has 3 N–H and O–H groups in total. The second-order valence-electron chi connectivity index (χ2n) is 4.72. The Kier molecular flexibility index (Phi) is 2.96. The minimum atomic E-state index is 0.325. The van der Waals surface area contributed by atoms with Crippen molar-refractivity contribution in [2.24, 2.45) is 5.73 Å². The van der Waals surface area contributed by atoms with Gasteiger partial charge in [0.05, 0.1) is 0 Å². The van der Waals surface area contributed by atoms with E-state index in [0.29, 0.717) is 12.1 Å². The molecule has 0 spiro atoms. The van der Waals surface area contributed by atoms with Gasteiger partial charge in [0.15, 0.2) is 0 Å². The summed E-state index contributed by atoms with van der Waals surface area (Å²) < 4.78 is 0. The molecule has 1 aliphatic rings. The van der Waals surface area contributed by atoms with Gasteiger partial charge in [0.2, 0.25) is 0 Å². The van der Waals surface area contributed by atoms with Gasteiger partial charge < -0.3 is 11.1 Å². The van der Waals surface area contributed by atoms with Gasteiger partial charge in [0.25, 0.3) is 0 Å². The third kappa shape index (κ3) is 2.51. The number of rotatable bonds is 2. The summed E-state index contributed by atoms with van der Waals surface area (Å²) in [6.07, 6.45) is 3.61. The van der Waals surface area contributed by atoms with Gasteiger partial charge in [-0.05, 0) is 56.4 Å². The van der Waals surface area contributed by atoms with Crippen LogP contribution in [0, 0.1) is 13.8 Å². The number of hydrogen-bond acceptors (Lipinski definition) is 2. The normalized spacial score (nSPS) is 25.5. The highest BCUT2D eigenvalue weighted by atomic mass is 15.0. The van der Waals surface area contributed by atoms with Crippen molar-refractivity contribution >= 4 is 5.69 Å². The molecule has 0 aliphatic heterocycles. The maximum Gasteiger partial charge on any atom is 0.0412 e. The van der Waals surface area contributed by atoms with Crippen LogP contribution in [-0.4, -0.2) is 12.1 Å². The Hall–Kier alpha value is -1.02. The molecule has 1 aromatic carbocycles. The van der Waals surface area contributed by atoms with E-state index in [2.05, 4.69) is 37.4 Å². The lowest BCUT2D eigenvalue weighted by Gasteiger charge is -2.19. The number of benzene rings is 1. The molecular formula is C13H20N2. The minimum Gasteiger partial charge on any atom is -0.381 e. The topological polar surface area (TPSA) is 38.0 Å². The van der Waals surface area contributed by atoms with Crippen molar-refractivity contribution in [3.05, 3.63) is 29.3 Å². The molecule has 0 aromatic heterocycles.